The third kappa shape index (κ3) is 2.15. The van der Waals surface area contributed by atoms with E-state index in [9.17, 15) is 0 Å². The van der Waals surface area contributed by atoms with Crippen LogP contribution in [0.4, 0.5) is 0 Å². The summed E-state index contributed by atoms with van der Waals surface area (Å²) in [5, 5.41) is 0. The van der Waals surface area contributed by atoms with Crippen molar-refractivity contribution in [3.05, 3.63) is 0 Å². The molecule has 3 fully saturated rings. The van der Waals surface area contributed by atoms with Gasteiger partial charge in [-0.05, 0) is 65.0 Å². The van der Waals surface area contributed by atoms with Crippen LogP contribution in [0.15, 0.2) is 0 Å². The topological polar surface area (TPSA) is 6.48 Å². The Kier molecular flexibility index (Phi) is 2.79. The zero-order valence-corrected chi connectivity index (χ0v) is 11.8. The summed E-state index contributed by atoms with van der Waals surface area (Å²) in [6, 6.07) is 0.867. The van der Waals surface area contributed by atoms with Crippen LogP contribution in [0.3, 0.4) is 0 Å². The quantitative estimate of drug-likeness (QED) is 0.691. The Morgan fingerprint density at radius 3 is 1.94 bits per heavy atom. The molecule has 1 spiro atoms. The van der Waals surface area contributed by atoms with E-state index in [0.717, 1.165) is 11.5 Å². The molecule has 1 aliphatic carbocycles. The maximum Gasteiger partial charge on any atom is 0.0350 e. The first-order valence-corrected chi connectivity index (χ1v) is 7.48. The van der Waals surface area contributed by atoms with Crippen molar-refractivity contribution >= 4 is 0 Å². The van der Waals surface area contributed by atoms with Crippen molar-refractivity contribution in [3.63, 3.8) is 0 Å². The highest BCUT2D eigenvalue weighted by Gasteiger charge is 2.43. The average Bonchev–Trinajstić information content (AvgIpc) is 2.12. The number of nitrogens with zero attached hydrogens (tertiary/aromatic N) is 2. The van der Waals surface area contributed by atoms with Gasteiger partial charge < -0.3 is 0 Å². The molecule has 0 bridgehead atoms. The molecule has 0 unspecified atom stereocenters. The summed E-state index contributed by atoms with van der Waals surface area (Å²) >= 11 is 0. The van der Waals surface area contributed by atoms with Gasteiger partial charge in [0.25, 0.3) is 0 Å². The van der Waals surface area contributed by atoms with Crippen LogP contribution in [-0.2, 0) is 0 Å². The van der Waals surface area contributed by atoms with E-state index in [1.165, 1.54) is 58.3 Å². The number of likely N-dealkylation sites (tertiary alicyclic amines) is 2. The van der Waals surface area contributed by atoms with E-state index in [1.807, 2.05) is 0 Å². The molecule has 17 heavy (non-hydrogen) atoms. The molecule has 0 aromatic carbocycles. The summed E-state index contributed by atoms with van der Waals surface area (Å²) < 4.78 is 0. The minimum absolute atomic E-state index is 0.376. The third-order valence-corrected chi connectivity index (χ3v) is 5.60. The highest BCUT2D eigenvalue weighted by molar-refractivity contribution is 4.98. The van der Waals surface area contributed by atoms with Crippen LogP contribution in [0.5, 0.6) is 0 Å². The van der Waals surface area contributed by atoms with Crippen LogP contribution in [0.1, 0.15) is 52.9 Å². The van der Waals surface area contributed by atoms with Crippen molar-refractivity contribution in [3.8, 4) is 0 Å². The van der Waals surface area contributed by atoms with Crippen LogP contribution in [0, 0.1) is 5.41 Å². The van der Waals surface area contributed by atoms with Gasteiger partial charge in [0, 0.05) is 24.7 Å². The molecule has 2 heteroatoms. The fraction of sp³-hybridized carbons (Fsp3) is 1.00. The lowest BCUT2D eigenvalue weighted by Crippen LogP contribution is -2.65. The minimum atomic E-state index is 0.376. The highest BCUT2D eigenvalue weighted by atomic mass is 15.3. The van der Waals surface area contributed by atoms with E-state index in [2.05, 4.69) is 30.6 Å². The fourth-order valence-electron chi connectivity index (χ4n) is 3.77. The minimum Gasteiger partial charge on any atom is -0.298 e. The second-order valence-corrected chi connectivity index (χ2v) is 7.62. The Morgan fingerprint density at radius 1 is 0.941 bits per heavy atom. The summed E-state index contributed by atoms with van der Waals surface area (Å²) in [6.07, 6.45) is 7.53. The van der Waals surface area contributed by atoms with E-state index in [-0.39, 0.29) is 0 Å². The lowest BCUT2D eigenvalue weighted by molar-refractivity contribution is -0.0564. The van der Waals surface area contributed by atoms with Gasteiger partial charge in [0.1, 0.15) is 0 Å². The van der Waals surface area contributed by atoms with Gasteiger partial charge in [-0.15, -0.1) is 0 Å². The van der Waals surface area contributed by atoms with Gasteiger partial charge in [0.2, 0.25) is 0 Å². The first kappa shape index (κ1) is 12.0. The smallest absolute Gasteiger partial charge is 0.0350 e. The third-order valence-electron chi connectivity index (χ3n) is 5.60. The molecule has 98 valence electrons. The van der Waals surface area contributed by atoms with Crippen LogP contribution in [-0.4, -0.2) is 47.6 Å². The molecule has 0 atom stereocenters. The van der Waals surface area contributed by atoms with Crippen molar-refractivity contribution in [1.82, 2.24) is 9.80 Å². The highest BCUT2D eigenvalue weighted by Crippen LogP contribution is 2.49. The van der Waals surface area contributed by atoms with Gasteiger partial charge in [-0.3, -0.25) is 9.80 Å². The maximum atomic E-state index is 2.77. The monoisotopic (exact) mass is 236 g/mol. The molecule has 1 saturated carbocycles. The van der Waals surface area contributed by atoms with Gasteiger partial charge in [0.15, 0.2) is 0 Å². The molecule has 0 radical (unpaired) electrons. The zero-order chi connectivity index (χ0) is 12.1. The molecule has 3 aliphatic rings. The van der Waals surface area contributed by atoms with E-state index in [0.29, 0.717) is 5.54 Å². The average molecular weight is 236 g/mol. The molecular weight excluding hydrogens is 208 g/mol. The number of piperidine rings is 1. The summed E-state index contributed by atoms with van der Waals surface area (Å²) in [5.41, 5.74) is 1.19. The van der Waals surface area contributed by atoms with Crippen LogP contribution in [0.25, 0.3) is 0 Å². The second kappa shape index (κ2) is 3.96. The van der Waals surface area contributed by atoms with Crippen LogP contribution in [0.2, 0.25) is 0 Å². The first-order chi connectivity index (χ1) is 7.99. The zero-order valence-electron chi connectivity index (χ0n) is 11.8. The van der Waals surface area contributed by atoms with Crippen LogP contribution < -0.4 is 0 Å². The number of rotatable bonds is 1. The Morgan fingerprint density at radius 2 is 1.53 bits per heavy atom. The lowest BCUT2D eigenvalue weighted by Gasteiger charge is -2.55. The van der Waals surface area contributed by atoms with Crippen molar-refractivity contribution in [2.75, 3.05) is 26.2 Å². The van der Waals surface area contributed by atoms with E-state index >= 15 is 0 Å². The number of hydrogen-bond acceptors (Lipinski definition) is 2. The largest absolute Gasteiger partial charge is 0.298 e. The molecule has 2 aliphatic heterocycles. The standard InChI is InChI=1S/C15H28N2/c1-14(2,3)17-11-13(12-17)16-9-7-15(8-10-16)5-4-6-15/h13H,4-12H2,1-3H3. The van der Waals surface area contributed by atoms with Crippen molar-refractivity contribution in [2.24, 2.45) is 5.41 Å². The Balaban J connectivity index is 1.46. The van der Waals surface area contributed by atoms with E-state index in [1.54, 1.807) is 0 Å². The van der Waals surface area contributed by atoms with Crippen molar-refractivity contribution < 1.29 is 0 Å². The lowest BCUT2D eigenvalue weighted by atomic mass is 9.63. The predicted molar refractivity (Wildman–Crippen MR) is 72.2 cm³/mol. The Labute approximate surface area is 106 Å². The van der Waals surface area contributed by atoms with Gasteiger partial charge in [-0.25, -0.2) is 0 Å². The maximum absolute atomic E-state index is 2.77. The normalized spacial score (nSPS) is 31.2. The fourth-order valence-corrected chi connectivity index (χ4v) is 3.77. The molecule has 2 saturated heterocycles. The summed E-state index contributed by atoms with van der Waals surface area (Å²) in [4.78, 5) is 5.39. The van der Waals surface area contributed by atoms with Crippen LogP contribution >= 0.6 is 0 Å². The molecule has 0 N–H and O–H groups in total. The summed E-state index contributed by atoms with van der Waals surface area (Å²) in [7, 11) is 0. The van der Waals surface area contributed by atoms with E-state index < -0.39 is 0 Å². The van der Waals surface area contributed by atoms with E-state index in [4.69, 9.17) is 0 Å². The SMILES string of the molecule is CC(C)(C)N1CC(N2CCC3(CCC3)CC2)C1. The molecule has 2 nitrogen and oxygen atoms in total. The Hall–Kier alpha value is -0.0800. The Bertz CT molecular complexity index is 272. The van der Waals surface area contributed by atoms with Crippen molar-refractivity contribution in [2.45, 2.75) is 64.5 Å². The number of hydrogen-bond donors (Lipinski definition) is 0. The predicted octanol–water partition coefficient (Wildman–Crippen LogP) is 2.74. The molecule has 3 rings (SSSR count). The molecule has 0 amide bonds. The molecule has 2 heterocycles. The summed E-state index contributed by atoms with van der Waals surface area (Å²) in [5.74, 6) is 0. The van der Waals surface area contributed by atoms with Gasteiger partial charge in [-0.2, -0.15) is 0 Å². The molecule has 0 aromatic heterocycles. The summed E-state index contributed by atoms with van der Waals surface area (Å²) in [6.45, 7) is 12.4. The molecular formula is C15H28N2. The van der Waals surface area contributed by atoms with Gasteiger partial charge in [-0.1, -0.05) is 6.42 Å². The first-order valence-electron chi connectivity index (χ1n) is 7.48. The second-order valence-electron chi connectivity index (χ2n) is 7.62. The van der Waals surface area contributed by atoms with Gasteiger partial charge in [0.05, 0.1) is 0 Å². The molecule has 0 aromatic rings. The van der Waals surface area contributed by atoms with Gasteiger partial charge >= 0.3 is 0 Å². The van der Waals surface area contributed by atoms with Crippen molar-refractivity contribution in [1.29, 1.82) is 0 Å².